The van der Waals surface area contributed by atoms with E-state index in [1.54, 1.807) is 6.92 Å². The molecule has 0 aromatic heterocycles. The van der Waals surface area contributed by atoms with Gasteiger partial charge in [-0.1, -0.05) is 6.58 Å². The summed E-state index contributed by atoms with van der Waals surface area (Å²) >= 11 is 0. The van der Waals surface area contributed by atoms with Gasteiger partial charge in [0.2, 0.25) is 0 Å². The second kappa shape index (κ2) is 7.77. The van der Waals surface area contributed by atoms with Gasteiger partial charge in [0, 0.05) is 32.2 Å². The highest BCUT2D eigenvalue weighted by Crippen LogP contribution is 2.27. The zero-order chi connectivity index (χ0) is 19.5. The highest BCUT2D eigenvalue weighted by molar-refractivity contribution is 7.90. The van der Waals surface area contributed by atoms with Gasteiger partial charge in [0.25, 0.3) is 0 Å². The van der Waals surface area contributed by atoms with Crippen LogP contribution >= 0.6 is 0 Å². The molecule has 1 aromatic carbocycles. The van der Waals surface area contributed by atoms with Crippen LogP contribution in [-0.4, -0.2) is 55.9 Å². The number of ether oxygens (including phenoxy) is 2. The Morgan fingerprint density at radius 3 is 2.38 bits per heavy atom. The van der Waals surface area contributed by atoms with Crippen LogP contribution in [0.5, 0.6) is 5.75 Å². The average molecular weight is 383 g/mol. The third-order valence-corrected chi connectivity index (χ3v) is 4.98. The number of hydrogen-bond donors (Lipinski definition) is 1. The van der Waals surface area contributed by atoms with E-state index in [2.05, 4.69) is 6.58 Å². The van der Waals surface area contributed by atoms with E-state index in [1.807, 2.05) is 0 Å². The Hall–Kier alpha value is -2.55. The number of carboxylic acids is 1. The number of rotatable bonds is 5. The number of likely N-dealkylation sites (tertiary alicyclic amines) is 1. The van der Waals surface area contributed by atoms with Gasteiger partial charge in [0.15, 0.2) is 9.84 Å². The zero-order valence-corrected chi connectivity index (χ0v) is 15.4. The molecule has 26 heavy (non-hydrogen) atoms. The minimum atomic E-state index is -3.49. The number of piperidine rings is 1. The van der Waals surface area contributed by atoms with Gasteiger partial charge in [0.1, 0.15) is 17.4 Å². The summed E-state index contributed by atoms with van der Waals surface area (Å²) in [5, 5.41) is 9.28. The van der Waals surface area contributed by atoms with Crippen LogP contribution in [0.25, 0.3) is 0 Å². The van der Waals surface area contributed by atoms with E-state index >= 15 is 0 Å². The molecule has 8 nitrogen and oxygen atoms in total. The summed E-state index contributed by atoms with van der Waals surface area (Å²) in [4.78, 5) is 24.7. The van der Waals surface area contributed by atoms with E-state index < -0.39 is 21.9 Å². The molecule has 0 radical (unpaired) electrons. The molecule has 1 aromatic rings. The molecular formula is C17H21NO7S. The fourth-order valence-electron chi connectivity index (χ4n) is 2.56. The normalized spacial score (nSPS) is 15.4. The van der Waals surface area contributed by atoms with Gasteiger partial charge in [-0.05, 0) is 25.1 Å². The van der Waals surface area contributed by atoms with Gasteiger partial charge in [-0.15, -0.1) is 0 Å². The van der Waals surface area contributed by atoms with Crippen molar-refractivity contribution < 1.29 is 32.6 Å². The summed E-state index contributed by atoms with van der Waals surface area (Å²) in [6.07, 6.45) is 1.15. The van der Waals surface area contributed by atoms with Crippen molar-refractivity contribution in [3.8, 4) is 5.75 Å². The Kier molecular flexibility index (Phi) is 5.91. The van der Waals surface area contributed by atoms with Crippen LogP contribution in [0.3, 0.4) is 0 Å². The predicted molar refractivity (Wildman–Crippen MR) is 93.0 cm³/mol. The molecule has 0 spiro atoms. The topological polar surface area (TPSA) is 110 Å². The average Bonchev–Trinajstić information content (AvgIpc) is 2.53. The molecule has 1 amide bonds. The Morgan fingerprint density at radius 1 is 1.27 bits per heavy atom. The van der Waals surface area contributed by atoms with Crippen molar-refractivity contribution >= 4 is 21.9 Å². The third kappa shape index (κ3) is 4.98. The summed E-state index contributed by atoms with van der Waals surface area (Å²) < 4.78 is 34.1. The Balaban J connectivity index is 2.10. The summed E-state index contributed by atoms with van der Waals surface area (Å²) in [5.41, 5.74) is -0.110. The number of aromatic carboxylic acids is 1. The van der Waals surface area contributed by atoms with Crippen LogP contribution in [0.4, 0.5) is 4.79 Å². The summed E-state index contributed by atoms with van der Waals surface area (Å²) in [6.45, 7) is 5.85. The number of carbonyl (C=O) groups excluding carboxylic acids is 1. The van der Waals surface area contributed by atoms with Gasteiger partial charge in [-0.25, -0.2) is 18.0 Å². The molecule has 2 rings (SSSR count). The number of carboxylic acid groups (broad SMARTS) is 1. The SMILES string of the molecule is C=C(C)OC(=O)N1CCC(Oc2cc(S(C)(=O)=O)ccc2C(=O)O)CC1. The molecule has 1 N–H and O–H groups in total. The minimum absolute atomic E-state index is 0.00314. The first-order valence-corrected chi connectivity index (χ1v) is 9.83. The lowest BCUT2D eigenvalue weighted by Crippen LogP contribution is -2.42. The Bertz CT molecular complexity index is 824. The van der Waals surface area contributed by atoms with E-state index in [-0.39, 0.29) is 22.3 Å². The summed E-state index contributed by atoms with van der Waals surface area (Å²) in [5.74, 6) is -0.900. The van der Waals surface area contributed by atoms with Gasteiger partial charge in [-0.3, -0.25) is 0 Å². The van der Waals surface area contributed by atoms with Crippen molar-refractivity contribution in [2.75, 3.05) is 19.3 Å². The van der Waals surface area contributed by atoms with Crippen LogP contribution in [0.2, 0.25) is 0 Å². The van der Waals surface area contributed by atoms with Gasteiger partial charge < -0.3 is 19.5 Å². The molecule has 1 heterocycles. The molecule has 1 fully saturated rings. The second-order valence-electron chi connectivity index (χ2n) is 6.11. The molecule has 0 bridgehead atoms. The zero-order valence-electron chi connectivity index (χ0n) is 14.6. The van der Waals surface area contributed by atoms with Gasteiger partial charge in [-0.2, -0.15) is 0 Å². The lowest BCUT2D eigenvalue weighted by molar-refractivity contribution is 0.0673. The molecular weight excluding hydrogens is 362 g/mol. The molecule has 1 aliphatic heterocycles. The first kappa shape index (κ1) is 19.8. The van der Waals surface area contributed by atoms with Crippen molar-refractivity contribution in [1.82, 2.24) is 4.90 Å². The number of amides is 1. The third-order valence-electron chi connectivity index (χ3n) is 3.87. The fourth-order valence-corrected chi connectivity index (χ4v) is 3.19. The maximum absolute atomic E-state index is 11.8. The predicted octanol–water partition coefficient (Wildman–Crippen LogP) is 2.30. The molecule has 142 valence electrons. The van der Waals surface area contributed by atoms with E-state index in [9.17, 15) is 23.1 Å². The molecule has 0 atom stereocenters. The smallest absolute Gasteiger partial charge is 0.414 e. The van der Waals surface area contributed by atoms with Crippen molar-refractivity contribution in [3.05, 3.63) is 36.1 Å². The Labute approximate surface area is 151 Å². The lowest BCUT2D eigenvalue weighted by Gasteiger charge is -2.31. The molecule has 1 saturated heterocycles. The number of benzene rings is 1. The second-order valence-corrected chi connectivity index (χ2v) is 8.13. The quantitative estimate of drug-likeness (QED) is 0.777. The summed E-state index contributed by atoms with van der Waals surface area (Å²) in [6, 6.07) is 3.68. The number of nitrogens with zero attached hydrogens (tertiary/aromatic N) is 1. The van der Waals surface area contributed by atoms with Gasteiger partial charge in [0.05, 0.1) is 10.7 Å². The lowest BCUT2D eigenvalue weighted by atomic mass is 10.1. The molecule has 1 aliphatic rings. The van der Waals surface area contributed by atoms with Crippen LogP contribution in [-0.2, 0) is 14.6 Å². The van der Waals surface area contributed by atoms with E-state index in [4.69, 9.17) is 9.47 Å². The monoisotopic (exact) mass is 383 g/mol. The number of hydrogen-bond acceptors (Lipinski definition) is 6. The van der Waals surface area contributed by atoms with E-state index in [0.29, 0.717) is 31.7 Å². The van der Waals surface area contributed by atoms with Crippen LogP contribution in [0.1, 0.15) is 30.1 Å². The number of allylic oxidation sites excluding steroid dienone is 1. The molecule has 0 unspecified atom stereocenters. The summed E-state index contributed by atoms with van der Waals surface area (Å²) in [7, 11) is -3.49. The largest absolute Gasteiger partial charge is 0.489 e. The maximum Gasteiger partial charge on any atom is 0.414 e. The highest BCUT2D eigenvalue weighted by atomic mass is 32.2. The molecule has 0 aliphatic carbocycles. The standard InChI is InChI=1S/C17H21NO7S/c1-11(2)24-17(21)18-8-6-12(7-9-18)25-15-10-13(26(3,22)23)4-5-14(15)16(19)20/h4-5,10,12H,1,6-9H2,2-3H3,(H,19,20). The van der Waals surface area contributed by atoms with Crippen LogP contribution < -0.4 is 4.74 Å². The van der Waals surface area contributed by atoms with Crippen molar-refractivity contribution in [3.63, 3.8) is 0 Å². The van der Waals surface area contributed by atoms with Gasteiger partial charge >= 0.3 is 12.1 Å². The van der Waals surface area contributed by atoms with E-state index in [0.717, 1.165) is 6.26 Å². The molecule has 0 saturated carbocycles. The van der Waals surface area contributed by atoms with Crippen molar-refractivity contribution in [2.24, 2.45) is 0 Å². The molecule has 9 heteroatoms. The number of sulfone groups is 1. The number of carbonyl (C=O) groups is 2. The highest BCUT2D eigenvalue weighted by Gasteiger charge is 2.26. The fraction of sp³-hybridized carbons (Fsp3) is 0.412. The Morgan fingerprint density at radius 2 is 1.88 bits per heavy atom. The first-order chi connectivity index (χ1) is 12.1. The van der Waals surface area contributed by atoms with E-state index in [1.165, 1.54) is 23.1 Å². The van der Waals surface area contributed by atoms with Crippen LogP contribution in [0.15, 0.2) is 35.4 Å². The minimum Gasteiger partial charge on any atom is -0.489 e. The van der Waals surface area contributed by atoms with Crippen molar-refractivity contribution in [2.45, 2.75) is 30.8 Å². The van der Waals surface area contributed by atoms with Crippen LogP contribution in [0, 0.1) is 0 Å². The van der Waals surface area contributed by atoms with Crippen molar-refractivity contribution in [1.29, 1.82) is 0 Å². The first-order valence-electron chi connectivity index (χ1n) is 7.94. The maximum atomic E-state index is 11.8.